The van der Waals surface area contributed by atoms with Crippen molar-refractivity contribution in [2.24, 2.45) is 0 Å². The van der Waals surface area contributed by atoms with E-state index in [0.29, 0.717) is 18.5 Å². The standard InChI is InChI=1S/C14H24N4O2.ClH/c1-14(2,3)11-7-13(20-17-11)16-12(19)9-18-6-5-10(8-18)15-4;/h7,10,15H,5-6,8-9H2,1-4H3,(H,16,19);1H. The van der Waals surface area contributed by atoms with Crippen molar-refractivity contribution in [1.29, 1.82) is 0 Å². The molecule has 21 heavy (non-hydrogen) atoms. The molecular formula is C14H25ClN4O2. The van der Waals surface area contributed by atoms with Crippen LogP contribution in [0.5, 0.6) is 0 Å². The summed E-state index contributed by atoms with van der Waals surface area (Å²) in [6, 6.07) is 2.28. The molecule has 1 aromatic rings. The van der Waals surface area contributed by atoms with E-state index >= 15 is 0 Å². The molecule has 1 unspecified atom stereocenters. The number of hydrogen-bond acceptors (Lipinski definition) is 5. The fourth-order valence-corrected chi connectivity index (χ4v) is 2.28. The summed E-state index contributed by atoms with van der Waals surface area (Å²) in [5.74, 6) is 0.364. The molecule has 1 aromatic heterocycles. The Morgan fingerprint density at radius 1 is 1.52 bits per heavy atom. The maximum atomic E-state index is 12.0. The zero-order chi connectivity index (χ0) is 14.8. The van der Waals surface area contributed by atoms with E-state index in [9.17, 15) is 4.79 Å². The van der Waals surface area contributed by atoms with Gasteiger partial charge in [0, 0.05) is 30.6 Å². The number of amides is 1. The monoisotopic (exact) mass is 316 g/mol. The Balaban J connectivity index is 0.00000220. The molecule has 0 radical (unpaired) electrons. The third-order valence-corrected chi connectivity index (χ3v) is 3.59. The number of anilines is 1. The number of aromatic nitrogens is 1. The van der Waals surface area contributed by atoms with Crippen molar-refractivity contribution in [2.45, 2.75) is 38.6 Å². The third kappa shape index (κ3) is 4.98. The zero-order valence-corrected chi connectivity index (χ0v) is 13.9. The predicted molar refractivity (Wildman–Crippen MR) is 85.0 cm³/mol. The first-order valence-corrected chi connectivity index (χ1v) is 7.05. The number of likely N-dealkylation sites (tertiary alicyclic amines) is 1. The molecule has 2 rings (SSSR count). The highest BCUT2D eigenvalue weighted by Crippen LogP contribution is 2.23. The number of halogens is 1. The van der Waals surface area contributed by atoms with E-state index < -0.39 is 0 Å². The van der Waals surface area contributed by atoms with E-state index in [4.69, 9.17) is 4.52 Å². The lowest BCUT2D eigenvalue weighted by Crippen LogP contribution is -2.34. The van der Waals surface area contributed by atoms with E-state index in [1.807, 2.05) is 7.05 Å². The predicted octanol–water partition coefficient (Wildman–Crippen LogP) is 1.63. The molecule has 6 nitrogen and oxygen atoms in total. The fourth-order valence-electron chi connectivity index (χ4n) is 2.28. The van der Waals surface area contributed by atoms with Gasteiger partial charge in [0.1, 0.15) is 0 Å². The Labute approximate surface area is 132 Å². The lowest BCUT2D eigenvalue weighted by molar-refractivity contribution is -0.117. The van der Waals surface area contributed by atoms with Gasteiger partial charge in [0.05, 0.1) is 12.2 Å². The fraction of sp³-hybridized carbons (Fsp3) is 0.714. The first-order chi connectivity index (χ1) is 9.38. The summed E-state index contributed by atoms with van der Waals surface area (Å²) in [7, 11) is 1.96. The number of likely N-dealkylation sites (N-methyl/N-ethyl adjacent to an activating group) is 1. The molecule has 1 amide bonds. The van der Waals surface area contributed by atoms with Crippen molar-refractivity contribution >= 4 is 24.2 Å². The van der Waals surface area contributed by atoms with Crippen molar-refractivity contribution in [2.75, 3.05) is 32.0 Å². The van der Waals surface area contributed by atoms with Gasteiger partial charge in [-0.2, -0.15) is 0 Å². The maximum absolute atomic E-state index is 12.0. The average molecular weight is 317 g/mol. The number of carbonyl (C=O) groups is 1. The average Bonchev–Trinajstić information content (AvgIpc) is 2.97. The molecule has 0 aliphatic carbocycles. The lowest BCUT2D eigenvalue weighted by atomic mass is 9.92. The second-order valence-electron chi connectivity index (χ2n) is 6.38. The van der Waals surface area contributed by atoms with E-state index in [1.165, 1.54) is 0 Å². The molecule has 1 saturated heterocycles. The van der Waals surface area contributed by atoms with Crippen LogP contribution in [0, 0.1) is 0 Å². The zero-order valence-electron chi connectivity index (χ0n) is 13.1. The summed E-state index contributed by atoms with van der Waals surface area (Å²) >= 11 is 0. The van der Waals surface area contributed by atoms with E-state index in [1.54, 1.807) is 6.07 Å². The summed E-state index contributed by atoms with van der Waals surface area (Å²) in [4.78, 5) is 14.1. The van der Waals surface area contributed by atoms with Crippen LogP contribution in [-0.2, 0) is 10.2 Å². The second kappa shape index (κ2) is 7.24. The second-order valence-corrected chi connectivity index (χ2v) is 6.38. The third-order valence-electron chi connectivity index (χ3n) is 3.59. The quantitative estimate of drug-likeness (QED) is 0.883. The molecule has 7 heteroatoms. The molecular weight excluding hydrogens is 292 g/mol. The number of carbonyl (C=O) groups excluding carboxylic acids is 1. The van der Waals surface area contributed by atoms with E-state index in [0.717, 1.165) is 25.2 Å². The molecule has 1 aliphatic heterocycles. The SMILES string of the molecule is CNC1CCN(CC(=O)Nc2cc(C(C)(C)C)no2)C1.Cl. The van der Waals surface area contributed by atoms with Gasteiger partial charge in [-0.15, -0.1) is 12.4 Å². The van der Waals surface area contributed by atoms with Gasteiger partial charge < -0.3 is 9.84 Å². The first-order valence-electron chi connectivity index (χ1n) is 7.05. The molecule has 2 N–H and O–H groups in total. The van der Waals surface area contributed by atoms with Gasteiger partial charge in [-0.05, 0) is 13.5 Å². The van der Waals surface area contributed by atoms with Crippen molar-refractivity contribution in [3.05, 3.63) is 11.8 Å². The summed E-state index contributed by atoms with van der Waals surface area (Å²) in [6.45, 7) is 8.41. The van der Waals surface area contributed by atoms with Gasteiger partial charge in [-0.1, -0.05) is 25.9 Å². The lowest BCUT2D eigenvalue weighted by Gasteiger charge is -2.14. The molecule has 0 bridgehead atoms. The molecule has 1 fully saturated rings. The van der Waals surface area contributed by atoms with Crippen molar-refractivity contribution in [3.8, 4) is 0 Å². The summed E-state index contributed by atoms with van der Waals surface area (Å²) < 4.78 is 5.16. The van der Waals surface area contributed by atoms with Gasteiger partial charge in [0.2, 0.25) is 11.8 Å². The van der Waals surface area contributed by atoms with Crippen LogP contribution in [0.25, 0.3) is 0 Å². The molecule has 0 aromatic carbocycles. The molecule has 120 valence electrons. The van der Waals surface area contributed by atoms with Crippen molar-refractivity contribution in [3.63, 3.8) is 0 Å². The van der Waals surface area contributed by atoms with Crippen LogP contribution >= 0.6 is 12.4 Å². The minimum atomic E-state index is -0.0819. The summed E-state index contributed by atoms with van der Waals surface area (Å²) in [6.07, 6.45) is 1.08. The minimum absolute atomic E-state index is 0. The normalized spacial score (nSPS) is 19.3. The largest absolute Gasteiger partial charge is 0.338 e. The van der Waals surface area contributed by atoms with Crippen LogP contribution in [0.3, 0.4) is 0 Å². The Morgan fingerprint density at radius 2 is 2.24 bits per heavy atom. The summed E-state index contributed by atoms with van der Waals surface area (Å²) in [5.41, 5.74) is 0.755. The highest BCUT2D eigenvalue weighted by Gasteiger charge is 2.24. The molecule has 1 aliphatic rings. The molecule has 0 saturated carbocycles. The van der Waals surface area contributed by atoms with Gasteiger partial charge in [-0.3, -0.25) is 15.0 Å². The Bertz CT molecular complexity index is 470. The van der Waals surface area contributed by atoms with E-state index in [-0.39, 0.29) is 23.7 Å². The Kier molecular flexibility index (Phi) is 6.19. The topological polar surface area (TPSA) is 70.4 Å². The van der Waals surface area contributed by atoms with Crippen LogP contribution in [0.1, 0.15) is 32.9 Å². The first kappa shape index (κ1) is 17.9. The Hall–Kier alpha value is -1.11. The van der Waals surface area contributed by atoms with Crippen LogP contribution in [0.2, 0.25) is 0 Å². The molecule has 2 heterocycles. The smallest absolute Gasteiger partial charge is 0.240 e. The van der Waals surface area contributed by atoms with Crippen LogP contribution in [0.4, 0.5) is 5.88 Å². The highest BCUT2D eigenvalue weighted by molar-refractivity contribution is 5.91. The minimum Gasteiger partial charge on any atom is -0.338 e. The van der Waals surface area contributed by atoms with Crippen molar-refractivity contribution < 1.29 is 9.32 Å². The summed E-state index contributed by atoms with van der Waals surface area (Å²) in [5, 5.41) is 9.98. The van der Waals surface area contributed by atoms with Crippen LogP contribution in [0.15, 0.2) is 10.6 Å². The highest BCUT2D eigenvalue weighted by atomic mass is 35.5. The van der Waals surface area contributed by atoms with Crippen LogP contribution < -0.4 is 10.6 Å². The number of rotatable bonds is 4. The van der Waals surface area contributed by atoms with Gasteiger partial charge in [0.25, 0.3) is 0 Å². The molecule has 0 spiro atoms. The maximum Gasteiger partial charge on any atom is 0.240 e. The number of nitrogens with zero attached hydrogens (tertiary/aromatic N) is 2. The van der Waals surface area contributed by atoms with Gasteiger partial charge in [-0.25, -0.2) is 0 Å². The number of nitrogens with one attached hydrogen (secondary N) is 2. The van der Waals surface area contributed by atoms with Crippen LogP contribution in [-0.4, -0.2) is 48.7 Å². The Morgan fingerprint density at radius 3 is 2.76 bits per heavy atom. The van der Waals surface area contributed by atoms with Gasteiger partial charge >= 0.3 is 0 Å². The van der Waals surface area contributed by atoms with E-state index in [2.05, 4.69) is 41.5 Å². The number of hydrogen-bond donors (Lipinski definition) is 2. The molecule has 1 atom stereocenters. The van der Waals surface area contributed by atoms with Crippen molar-refractivity contribution in [1.82, 2.24) is 15.4 Å². The van der Waals surface area contributed by atoms with Gasteiger partial charge in [0.15, 0.2) is 0 Å².